The summed E-state index contributed by atoms with van der Waals surface area (Å²) in [4.78, 5) is 13.0. The van der Waals surface area contributed by atoms with E-state index in [2.05, 4.69) is 10.6 Å². The van der Waals surface area contributed by atoms with Crippen LogP contribution in [-0.2, 0) is 0 Å². The maximum absolute atomic E-state index is 11.0. The van der Waals surface area contributed by atoms with Gasteiger partial charge in [0, 0.05) is 19.3 Å². The van der Waals surface area contributed by atoms with Crippen LogP contribution in [0.5, 0.6) is 0 Å². The second-order valence-electron chi connectivity index (χ2n) is 3.01. The van der Waals surface area contributed by atoms with Crippen LogP contribution in [0.3, 0.4) is 0 Å². The molecule has 4 nitrogen and oxygen atoms in total. The highest BCUT2D eigenvalue weighted by Gasteiger charge is 1.95. The van der Waals surface area contributed by atoms with Crippen molar-refractivity contribution in [3.8, 4) is 0 Å². The molecule has 0 saturated heterocycles. The first kappa shape index (κ1) is 12.0. The fraction of sp³-hybridized carbons (Fsp3) is 0.667. The van der Waals surface area contributed by atoms with Gasteiger partial charge >= 0.3 is 6.03 Å². The zero-order valence-electron chi connectivity index (χ0n) is 8.63. The van der Waals surface area contributed by atoms with Crippen molar-refractivity contribution in [3.05, 3.63) is 12.3 Å². The van der Waals surface area contributed by atoms with Crippen molar-refractivity contribution in [1.82, 2.24) is 15.5 Å². The van der Waals surface area contributed by atoms with Crippen molar-refractivity contribution in [2.45, 2.75) is 13.3 Å². The normalized spacial score (nSPS) is 10.8. The van der Waals surface area contributed by atoms with Gasteiger partial charge in [0.25, 0.3) is 0 Å². The Morgan fingerprint density at radius 1 is 1.46 bits per heavy atom. The van der Waals surface area contributed by atoms with Gasteiger partial charge in [-0.15, -0.1) is 0 Å². The number of nitrogens with one attached hydrogen (secondary N) is 2. The summed E-state index contributed by atoms with van der Waals surface area (Å²) in [6.07, 6.45) is 4.48. The first-order chi connectivity index (χ1) is 6.16. The lowest BCUT2D eigenvalue weighted by Gasteiger charge is -2.09. The molecule has 4 heteroatoms. The highest BCUT2D eigenvalue weighted by Crippen LogP contribution is 1.76. The van der Waals surface area contributed by atoms with E-state index in [-0.39, 0.29) is 6.03 Å². The molecule has 0 atom stereocenters. The Labute approximate surface area is 80.0 Å². The van der Waals surface area contributed by atoms with Crippen LogP contribution in [-0.4, -0.2) is 38.1 Å². The molecular formula is C9H19N3O. The van der Waals surface area contributed by atoms with Gasteiger partial charge in [-0.05, 0) is 20.5 Å². The number of likely N-dealkylation sites (N-methyl/N-ethyl adjacent to an activating group) is 1. The van der Waals surface area contributed by atoms with E-state index in [1.54, 1.807) is 6.20 Å². The minimum atomic E-state index is -0.147. The second-order valence-corrected chi connectivity index (χ2v) is 3.01. The van der Waals surface area contributed by atoms with Crippen molar-refractivity contribution in [3.63, 3.8) is 0 Å². The van der Waals surface area contributed by atoms with Gasteiger partial charge in [-0.3, -0.25) is 0 Å². The number of rotatable bonds is 5. The zero-order chi connectivity index (χ0) is 10.1. The van der Waals surface area contributed by atoms with E-state index in [9.17, 15) is 4.79 Å². The summed E-state index contributed by atoms with van der Waals surface area (Å²) >= 11 is 0. The Balaban J connectivity index is 3.35. The molecule has 0 spiro atoms. The fourth-order valence-corrected chi connectivity index (χ4v) is 0.697. The Morgan fingerprint density at radius 3 is 2.69 bits per heavy atom. The number of urea groups is 1. The monoisotopic (exact) mass is 185 g/mol. The maximum Gasteiger partial charge on any atom is 0.318 e. The van der Waals surface area contributed by atoms with E-state index in [1.807, 2.05) is 32.0 Å². The van der Waals surface area contributed by atoms with Gasteiger partial charge in [-0.1, -0.05) is 13.0 Å². The molecule has 2 N–H and O–H groups in total. The highest BCUT2D eigenvalue weighted by atomic mass is 16.2. The van der Waals surface area contributed by atoms with Crippen LogP contribution in [0, 0.1) is 0 Å². The largest absolute Gasteiger partial charge is 0.337 e. The van der Waals surface area contributed by atoms with Gasteiger partial charge in [0.1, 0.15) is 0 Å². The maximum atomic E-state index is 11.0. The third-order valence-corrected chi connectivity index (χ3v) is 1.41. The summed E-state index contributed by atoms with van der Waals surface area (Å²) in [7, 11) is 3.94. The summed E-state index contributed by atoms with van der Waals surface area (Å²) in [5.74, 6) is 0. The number of nitrogens with zero attached hydrogens (tertiary/aromatic N) is 1. The van der Waals surface area contributed by atoms with Crippen LogP contribution < -0.4 is 10.6 Å². The van der Waals surface area contributed by atoms with E-state index in [0.717, 1.165) is 13.0 Å². The van der Waals surface area contributed by atoms with Crippen molar-refractivity contribution in [2.24, 2.45) is 0 Å². The molecule has 0 aromatic rings. The van der Waals surface area contributed by atoms with Crippen LogP contribution in [0.2, 0.25) is 0 Å². The molecule has 0 saturated carbocycles. The number of carbonyl (C=O) groups is 1. The number of hydrogen-bond acceptors (Lipinski definition) is 2. The fourth-order valence-electron chi connectivity index (χ4n) is 0.697. The topological polar surface area (TPSA) is 44.4 Å². The van der Waals surface area contributed by atoms with Gasteiger partial charge < -0.3 is 15.5 Å². The molecule has 0 aromatic heterocycles. The predicted octanol–water partition coefficient (Wildman–Crippen LogP) is 0.771. The summed E-state index contributed by atoms with van der Waals surface area (Å²) in [5.41, 5.74) is 0. The molecule has 76 valence electrons. The van der Waals surface area contributed by atoms with Crippen LogP contribution >= 0.6 is 0 Å². The third kappa shape index (κ3) is 8.88. The number of carbonyl (C=O) groups excluding carboxylic acids is 1. The second kappa shape index (κ2) is 7.61. The van der Waals surface area contributed by atoms with Crippen LogP contribution in [0.4, 0.5) is 4.79 Å². The number of amides is 2. The smallest absolute Gasteiger partial charge is 0.318 e. The molecule has 0 aliphatic heterocycles. The summed E-state index contributed by atoms with van der Waals surface area (Å²) in [5, 5.41) is 5.34. The first-order valence-corrected chi connectivity index (χ1v) is 4.51. The summed E-state index contributed by atoms with van der Waals surface area (Å²) in [6.45, 7) is 3.53. The molecule has 0 aromatic carbocycles. The van der Waals surface area contributed by atoms with E-state index in [0.29, 0.717) is 6.54 Å². The van der Waals surface area contributed by atoms with Crippen LogP contribution in [0.15, 0.2) is 12.3 Å². The zero-order valence-corrected chi connectivity index (χ0v) is 8.63. The Bertz CT molecular complexity index is 166. The lowest BCUT2D eigenvalue weighted by molar-refractivity contribution is 0.242. The quantitative estimate of drug-likeness (QED) is 0.664. The lowest BCUT2D eigenvalue weighted by Crippen LogP contribution is -2.36. The van der Waals surface area contributed by atoms with Gasteiger partial charge in [-0.2, -0.15) is 0 Å². The number of hydrogen-bond donors (Lipinski definition) is 2. The molecule has 0 rings (SSSR count). The molecule has 2 amide bonds. The standard InChI is InChI=1S/C9H19N3O/c1-4-5-6-10-9(13)11-7-8-12(2)3/h5-6H,4,7-8H2,1-3H3,(H2,10,11,13)/b6-5+. The lowest BCUT2D eigenvalue weighted by atomic mass is 10.5. The minimum absolute atomic E-state index is 0.147. The number of allylic oxidation sites excluding steroid dienone is 1. The van der Waals surface area contributed by atoms with Crippen LogP contribution in [0.25, 0.3) is 0 Å². The van der Waals surface area contributed by atoms with Crippen molar-refractivity contribution in [2.75, 3.05) is 27.2 Å². The Morgan fingerprint density at radius 2 is 2.15 bits per heavy atom. The molecule has 0 aliphatic carbocycles. The Hall–Kier alpha value is -1.03. The van der Waals surface area contributed by atoms with E-state index < -0.39 is 0 Å². The van der Waals surface area contributed by atoms with Crippen molar-refractivity contribution in [1.29, 1.82) is 0 Å². The SMILES string of the molecule is CC/C=C/NC(=O)NCCN(C)C. The van der Waals surface area contributed by atoms with Crippen LogP contribution in [0.1, 0.15) is 13.3 Å². The molecule has 0 aliphatic rings. The molecule has 0 unspecified atom stereocenters. The Kier molecular flexibility index (Phi) is 7.01. The van der Waals surface area contributed by atoms with Crippen molar-refractivity contribution < 1.29 is 4.79 Å². The average Bonchev–Trinajstić information content (AvgIpc) is 2.04. The highest BCUT2D eigenvalue weighted by molar-refractivity contribution is 5.74. The molecule has 0 radical (unpaired) electrons. The molecule has 0 fully saturated rings. The first-order valence-electron chi connectivity index (χ1n) is 4.51. The van der Waals surface area contributed by atoms with E-state index in [4.69, 9.17) is 0 Å². The van der Waals surface area contributed by atoms with E-state index in [1.165, 1.54) is 0 Å². The molecule has 0 bridgehead atoms. The summed E-state index contributed by atoms with van der Waals surface area (Å²) < 4.78 is 0. The predicted molar refractivity (Wildman–Crippen MR) is 54.5 cm³/mol. The average molecular weight is 185 g/mol. The van der Waals surface area contributed by atoms with Crippen molar-refractivity contribution >= 4 is 6.03 Å². The van der Waals surface area contributed by atoms with Gasteiger partial charge in [0.2, 0.25) is 0 Å². The van der Waals surface area contributed by atoms with E-state index >= 15 is 0 Å². The third-order valence-electron chi connectivity index (χ3n) is 1.41. The van der Waals surface area contributed by atoms with Gasteiger partial charge in [0.15, 0.2) is 0 Å². The summed E-state index contributed by atoms with van der Waals surface area (Å²) in [6, 6.07) is -0.147. The molecular weight excluding hydrogens is 166 g/mol. The van der Waals surface area contributed by atoms with Gasteiger partial charge in [-0.25, -0.2) is 4.79 Å². The van der Waals surface area contributed by atoms with Gasteiger partial charge in [0.05, 0.1) is 0 Å². The minimum Gasteiger partial charge on any atom is -0.337 e. The molecule has 0 heterocycles. The molecule has 13 heavy (non-hydrogen) atoms.